The molecule has 2 rings (SSSR count). The van der Waals surface area contributed by atoms with Crippen LogP contribution in [0.1, 0.15) is 11.3 Å². The molecule has 0 radical (unpaired) electrons. The minimum absolute atomic E-state index is 0.518. The Morgan fingerprint density at radius 1 is 1.27 bits per heavy atom. The number of aromatic nitrogens is 1. The van der Waals surface area contributed by atoms with Crippen LogP contribution in [0.2, 0.25) is 0 Å². The van der Waals surface area contributed by atoms with Gasteiger partial charge in [0.05, 0.1) is 11.9 Å². The first-order valence-corrected chi connectivity index (χ1v) is 4.99. The first-order chi connectivity index (χ1) is 7.29. The van der Waals surface area contributed by atoms with E-state index in [2.05, 4.69) is 41.0 Å². The summed E-state index contributed by atoms with van der Waals surface area (Å²) in [5.74, 6) is 0. The Kier molecular flexibility index (Phi) is 2.64. The zero-order valence-electron chi connectivity index (χ0n) is 8.70. The maximum atomic E-state index is 6.75. The number of rotatable bonds is 2. The molecule has 0 bridgehead atoms. The molecular formula is C13H12N2. The average Bonchev–Trinajstić information content (AvgIpc) is 2.25. The van der Waals surface area contributed by atoms with Crippen molar-refractivity contribution in [3.05, 3.63) is 53.0 Å². The van der Waals surface area contributed by atoms with E-state index in [1.165, 1.54) is 5.56 Å². The molecule has 2 heteroatoms. The Morgan fingerprint density at radius 3 is 2.87 bits per heavy atom. The zero-order valence-corrected chi connectivity index (χ0v) is 8.70. The van der Waals surface area contributed by atoms with Crippen molar-refractivity contribution in [2.24, 2.45) is 0 Å². The highest BCUT2D eigenvalue weighted by atomic mass is 14.7. The molecule has 0 N–H and O–H groups in total. The van der Waals surface area contributed by atoms with E-state index in [4.69, 9.17) is 6.57 Å². The van der Waals surface area contributed by atoms with E-state index in [0.29, 0.717) is 6.54 Å². The highest BCUT2D eigenvalue weighted by molar-refractivity contribution is 5.79. The second-order valence-corrected chi connectivity index (χ2v) is 3.63. The quantitative estimate of drug-likeness (QED) is 0.675. The monoisotopic (exact) mass is 196 g/mol. The van der Waals surface area contributed by atoms with Gasteiger partial charge in [-0.3, -0.25) is 4.98 Å². The number of pyridine rings is 1. The van der Waals surface area contributed by atoms with Gasteiger partial charge in [-0.1, -0.05) is 18.2 Å². The van der Waals surface area contributed by atoms with E-state index in [1.54, 1.807) is 0 Å². The molecule has 0 fully saturated rings. The summed E-state index contributed by atoms with van der Waals surface area (Å²) in [6.07, 6.45) is 0.743. The smallest absolute Gasteiger partial charge is 0.220 e. The summed E-state index contributed by atoms with van der Waals surface area (Å²) in [5.41, 5.74) is 3.25. The molecule has 2 nitrogen and oxygen atoms in total. The van der Waals surface area contributed by atoms with Crippen LogP contribution in [0.4, 0.5) is 0 Å². The fourth-order valence-corrected chi connectivity index (χ4v) is 1.58. The molecule has 74 valence electrons. The molecule has 0 spiro atoms. The van der Waals surface area contributed by atoms with Gasteiger partial charge in [-0.2, -0.15) is 0 Å². The number of hydrogen-bond acceptors (Lipinski definition) is 1. The normalized spacial score (nSPS) is 10.1. The van der Waals surface area contributed by atoms with Gasteiger partial charge in [0, 0.05) is 11.1 Å². The van der Waals surface area contributed by atoms with Gasteiger partial charge >= 0.3 is 0 Å². The lowest BCUT2D eigenvalue weighted by Gasteiger charge is -2.01. The molecule has 0 aliphatic heterocycles. The number of fused-ring (bicyclic) bond motifs is 1. The fraction of sp³-hybridized carbons (Fsp3) is 0.231. The zero-order chi connectivity index (χ0) is 10.7. The van der Waals surface area contributed by atoms with E-state index >= 15 is 0 Å². The highest BCUT2D eigenvalue weighted by Crippen LogP contribution is 2.14. The summed E-state index contributed by atoms with van der Waals surface area (Å²) in [6.45, 7) is 9.33. The van der Waals surface area contributed by atoms with Crippen LogP contribution in [0, 0.1) is 13.5 Å². The molecule has 0 atom stereocenters. The van der Waals surface area contributed by atoms with Crippen molar-refractivity contribution in [3.8, 4) is 0 Å². The van der Waals surface area contributed by atoms with E-state index in [0.717, 1.165) is 23.0 Å². The van der Waals surface area contributed by atoms with E-state index in [-0.39, 0.29) is 0 Å². The molecule has 0 unspecified atom stereocenters. The van der Waals surface area contributed by atoms with Crippen molar-refractivity contribution in [1.82, 2.24) is 4.98 Å². The summed E-state index contributed by atoms with van der Waals surface area (Å²) in [6, 6.07) is 10.3. The molecule has 1 heterocycles. The molecular weight excluding hydrogens is 184 g/mol. The second-order valence-electron chi connectivity index (χ2n) is 3.63. The van der Waals surface area contributed by atoms with Gasteiger partial charge in [-0.25, -0.2) is 6.57 Å². The summed E-state index contributed by atoms with van der Waals surface area (Å²) < 4.78 is 0. The van der Waals surface area contributed by atoms with Crippen molar-refractivity contribution < 1.29 is 0 Å². The van der Waals surface area contributed by atoms with Gasteiger partial charge in [-0.15, -0.1) is 0 Å². The van der Waals surface area contributed by atoms with Crippen LogP contribution in [0.3, 0.4) is 0 Å². The molecule has 1 aromatic carbocycles. The van der Waals surface area contributed by atoms with Crippen molar-refractivity contribution in [1.29, 1.82) is 0 Å². The van der Waals surface area contributed by atoms with Gasteiger partial charge in [-0.05, 0) is 24.6 Å². The third-order valence-electron chi connectivity index (χ3n) is 2.39. The van der Waals surface area contributed by atoms with Gasteiger partial charge in [0.25, 0.3) is 0 Å². The third kappa shape index (κ3) is 2.13. The van der Waals surface area contributed by atoms with Gasteiger partial charge in [0.1, 0.15) is 0 Å². The SMILES string of the molecule is [C-]#[N+]CCc1ccc2ccc(C)cc2n1. The summed E-state index contributed by atoms with van der Waals surface area (Å²) in [4.78, 5) is 7.87. The maximum Gasteiger partial charge on any atom is 0.220 e. The van der Waals surface area contributed by atoms with Crippen LogP contribution in [0.5, 0.6) is 0 Å². The summed E-state index contributed by atoms with van der Waals surface area (Å²) >= 11 is 0. The predicted molar refractivity (Wildman–Crippen MR) is 61.7 cm³/mol. The minimum Gasteiger partial charge on any atom is -0.317 e. The van der Waals surface area contributed by atoms with E-state index in [9.17, 15) is 0 Å². The van der Waals surface area contributed by atoms with Crippen LogP contribution in [-0.2, 0) is 6.42 Å². The van der Waals surface area contributed by atoms with E-state index < -0.39 is 0 Å². The fourth-order valence-electron chi connectivity index (χ4n) is 1.58. The maximum absolute atomic E-state index is 6.75. The van der Waals surface area contributed by atoms with E-state index in [1.807, 2.05) is 6.07 Å². The molecule has 0 aliphatic carbocycles. The number of benzene rings is 1. The van der Waals surface area contributed by atoms with Crippen LogP contribution in [-0.4, -0.2) is 11.5 Å². The second kappa shape index (κ2) is 4.10. The lowest BCUT2D eigenvalue weighted by molar-refractivity contribution is 1.01. The molecule has 2 aromatic rings. The van der Waals surface area contributed by atoms with Crippen LogP contribution in [0.25, 0.3) is 15.7 Å². The topological polar surface area (TPSA) is 17.2 Å². The molecule has 0 amide bonds. The third-order valence-corrected chi connectivity index (χ3v) is 2.39. The van der Waals surface area contributed by atoms with Crippen LogP contribution in [0.15, 0.2) is 30.3 Å². The van der Waals surface area contributed by atoms with Gasteiger partial charge < -0.3 is 4.85 Å². The lowest BCUT2D eigenvalue weighted by atomic mass is 10.1. The van der Waals surface area contributed by atoms with Gasteiger partial charge in [0.2, 0.25) is 6.54 Å². The Labute approximate surface area is 89.4 Å². The van der Waals surface area contributed by atoms with Crippen LogP contribution >= 0.6 is 0 Å². The Hall–Kier alpha value is -1.88. The molecule has 15 heavy (non-hydrogen) atoms. The Bertz CT molecular complexity index is 524. The largest absolute Gasteiger partial charge is 0.317 e. The van der Waals surface area contributed by atoms with Crippen molar-refractivity contribution >= 4 is 10.9 Å². The highest BCUT2D eigenvalue weighted by Gasteiger charge is 1.99. The van der Waals surface area contributed by atoms with Gasteiger partial charge in [0.15, 0.2) is 0 Å². The number of aryl methyl sites for hydroxylation is 1. The standard InChI is InChI=1S/C13H12N2/c1-10-3-4-11-5-6-12(7-8-14-2)15-13(11)9-10/h3-6,9H,7-8H2,1H3. The number of hydrogen-bond donors (Lipinski definition) is 0. The van der Waals surface area contributed by atoms with Crippen molar-refractivity contribution in [2.75, 3.05) is 6.54 Å². The minimum atomic E-state index is 0.518. The first kappa shape index (κ1) is 9.67. The first-order valence-electron chi connectivity index (χ1n) is 4.99. The molecule has 1 aromatic heterocycles. The molecule has 0 saturated heterocycles. The van der Waals surface area contributed by atoms with Crippen molar-refractivity contribution in [2.45, 2.75) is 13.3 Å². The van der Waals surface area contributed by atoms with Crippen molar-refractivity contribution in [3.63, 3.8) is 0 Å². The Morgan fingerprint density at radius 2 is 2.07 bits per heavy atom. The number of nitrogens with zero attached hydrogens (tertiary/aromatic N) is 2. The van der Waals surface area contributed by atoms with Crippen LogP contribution < -0.4 is 0 Å². The Balaban J connectivity index is 2.41. The lowest BCUT2D eigenvalue weighted by Crippen LogP contribution is -1.92. The summed E-state index contributed by atoms with van der Waals surface area (Å²) in [7, 11) is 0. The molecule has 0 saturated carbocycles. The molecule has 0 aliphatic rings. The predicted octanol–water partition coefficient (Wildman–Crippen LogP) is 3.01. The summed E-state index contributed by atoms with van der Waals surface area (Å²) in [5, 5.41) is 1.16. The average molecular weight is 196 g/mol.